The number of allylic oxidation sites excluding steroid dienone is 3. The van der Waals surface area contributed by atoms with E-state index in [2.05, 4.69) is 40.7 Å². The van der Waals surface area contributed by atoms with Crippen LogP contribution in [0.2, 0.25) is 0 Å². The Labute approximate surface area is 546 Å². The lowest BCUT2D eigenvalue weighted by Crippen LogP contribution is -2.70. The molecule has 5 saturated heterocycles. The number of rotatable bonds is 16. The Bertz CT molecular complexity index is 2730. The minimum atomic E-state index is -2.34. The first-order valence-corrected chi connectivity index (χ1v) is 33.2. The average Bonchev–Trinajstić information content (AvgIpc) is 0.671. The van der Waals surface area contributed by atoms with Gasteiger partial charge in [-0.15, -0.1) is 0 Å². The summed E-state index contributed by atoms with van der Waals surface area (Å²) < 4.78 is 68.1. The SMILES string of the molecule is C/C=C(/C)C(=O)O[C@@H]1CC(C)(C)C[C@H]2C3=CC[C@@H]4[C@@]5(C)CC[C@H](O[C@@H]6O[C@H](C(=O)O)[C@@H](O)[C@H](O[C@@H]7O[C@H](CO)[C@H](O)[C@H](O)[C@H]7O[C@@H]7O[C@@H](C)[C@H](O)[C@@H](O)[C@H]7O[C@@H]7O[C@@H](C)[C@H](O)[C@@H](O)[C@H]7O)[C@H]6O[C@@H]6O[C@H](CO)[C@H](O)[C@H](O)[C@H]6O)C(C)(C)[C@@H]5CC[C@@]4(C)[C@]3(C)C[C@@H](O)[C@@]12CO. The van der Waals surface area contributed by atoms with Crippen LogP contribution < -0.4 is 0 Å². The van der Waals surface area contributed by atoms with E-state index >= 15 is 0 Å². The molecule has 16 N–H and O–H groups in total. The molecule has 0 radical (unpaired) electrons. The summed E-state index contributed by atoms with van der Waals surface area (Å²) in [5.74, 6) is -2.69. The topological polar surface area (TPSA) is 459 Å². The highest BCUT2D eigenvalue weighted by Crippen LogP contribution is 2.76. The minimum absolute atomic E-state index is 0.0131. The van der Waals surface area contributed by atoms with Gasteiger partial charge >= 0.3 is 11.9 Å². The van der Waals surface area contributed by atoms with Crippen molar-refractivity contribution < 1.29 is 143 Å². The highest BCUT2D eigenvalue weighted by Gasteiger charge is 2.72. The molecule has 10 aliphatic rings. The monoisotopic (exact) mass is 1350 g/mol. The van der Waals surface area contributed by atoms with Crippen LogP contribution in [0.15, 0.2) is 23.3 Å². The minimum Gasteiger partial charge on any atom is -0.479 e. The second kappa shape index (κ2) is 27.4. The molecule has 538 valence electrons. The van der Waals surface area contributed by atoms with Crippen molar-refractivity contribution in [1.29, 1.82) is 0 Å². The number of hydrogen-bond donors (Lipinski definition) is 16. The van der Waals surface area contributed by atoms with Gasteiger partial charge in [0.15, 0.2) is 37.6 Å². The normalized spacial score (nSPS) is 52.6. The fourth-order valence-electron chi connectivity index (χ4n) is 18.7. The summed E-state index contributed by atoms with van der Waals surface area (Å²) >= 11 is 0. The number of hydrogen-bond acceptors (Lipinski definition) is 28. The Kier molecular flexibility index (Phi) is 21.6. The Morgan fingerprint density at radius 1 is 0.553 bits per heavy atom. The molecule has 0 unspecified atom stereocenters. The predicted octanol–water partition coefficient (Wildman–Crippen LogP) is -2.13. The molecule has 35 atom stereocenters. The molecule has 94 heavy (non-hydrogen) atoms. The van der Waals surface area contributed by atoms with Gasteiger partial charge < -0.3 is 134 Å². The number of carbonyl (C=O) groups is 2. The van der Waals surface area contributed by atoms with Crippen LogP contribution in [-0.4, -0.2) is 285 Å². The van der Waals surface area contributed by atoms with Gasteiger partial charge in [0.2, 0.25) is 0 Å². The molecule has 0 aromatic carbocycles. The molecule has 5 heterocycles. The van der Waals surface area contributed by atoms with Gasteiger partial charge in [0.1, 0.15) is 110 Å². The Hall–Kier alpha value is -2.58. The lowest BCUT2D eigenvalue weighted by atomic mass is 9.33. The lowest BCUT2D eigenvalue weighted by Gasteiger charge is -2.72. The van der Waals surface area contributed by atoms with Crippen LogP contribution in [0.25, 0.3) is 0 Å². The van der Waals surface area contributed by atoms with Gasteiger partial charge in [0, 0.05) is 5.57 Å². The van der Waals surface area contributed by atoms with E-state index in [1.807, 2.05) is 13.8 Å². The van der Waals surface area contributed by atoms with Crippen LogP contribution in [-0.2, 0) is 61.7 Å². The Morgan fingerprint density at radius 3 is 1.66 bits per heavy atom. The van der Waals surface area contributed by atoms with Crippen molar-refractivity contribution >= 4 is 11.9 Å². The molecule has 0 bridgehead atoms. The van der Waals surface area contributed by atoms with E-state index in [0.29, 0.717) is 56.9 Å². The van der Waals surface area contributed by atoms with E-state index in [-0.39, 0.29) is 23.2 Å². The van der Waals surface area contributed by atoms with Crippen molar-refractivity contribution in [2.75, 3.05) is 19.8 Å². The fourth-order valence-corrected chi connectivity index (χ4v) is 18.7. The zero-order chi connectivity index (χ0) is 69.2. The predicted molar refractivity (Wildman–Crippen MR) is 319 cm³/mol. The van der Waals surface area contributed by atoms with E-state index < -0.39 is 231 Å². The third kappa shape index (κ3) is 12.4. The third-order valence-electron chi connectivity index (χ3n) is 24.6. The molecule has 29 heteroatoms. The molecule has 10 rings (SSSR count). The zero-order valence-corrected chi connectivity index (χ0v) is 55.3. The lowest BCUT2D eigenvalue weighted by molar-refractivity contribution is -0.412. The number of esters is 1. The van der Waals surface area contributed by atoms with Crippen LogP contribution in [0.1, 0.15) is 128 Å². The Balaban J connectivity index is 0.976. The zero-order valence-electron chi connectivity index (χ0n) is 55.3. The van der Waals surface area contributed by atoms with Gasteiger partial charge in [-0.2, -0.15) is 0 Å². The third-order valence-corrected chi connectivity index (χ3v) is 24.6. The number of fused-ring (bicyclic) bond motifs is 7. The van der Waals surface area contributed by atoms with E-state index in [4.69, 9.17) is 52.1 Å². The van der Waals surface area contributed by atoms with Gasteiger partial charge in [-0.25, -0.2) is 9.59 Å². The van der Waals surface area contributed by atoms with Crippen molar-refractivity contribution in [2.45, 2.75) is 299 Å². The molecule has 0 aromatic rings. The van der Waals surface area contributed by atoms with E-state index in [9.17, 15) is 91.3 Å². The number of carboxylic acids is 1. The summed E-state index contributed by atoms with van der Waals surface area (Å²) in [5, 5.41) is 180. The second-order valence-corrected chi connectivity index (χ2v) is 30.7. The number of carbonyl (C=O) groups excluding carboxylic acids is 1. The number of aliphatic carboxylic acids is 1. The van der Waals surface area contributed by atoms with Crippen molar-refractivity contribution in [1.82, 2.24) is 0 Å². The van der Waals surface area contributed by atoms with Crippen molar-refractivity contribution in [2.24, 2.45) is 50.2 Å². The highest BCUT2D eigenvalue weighted by molar-refractivity contribution is 5.87. The summed E-state index contributed by atoms with van der Waals surface area (Å²) in [4.78, 5) is 26.9. The molecule has 5 aliphatic heterocycles. The maximum atomic E-state index is 13.5. The first kappa shape index (κ1) is 74.1. The van der Waals surface area contributed by atoms with Gasteiger partial charge in [-0.3, -0.25) is 0 Å². The molecule has 5 aliphatic carbocycles. The molecule has 0 aromatic heterocycles. The fraction of sp³-hybridized carbons (Fsp3) is 0.908. The van der Waals surface area contributed by atoms with E-state index in [1.165, 1.54) is 13.8 Å². The number of ether oxygens (including phenoxy) is 11. The molecule has 29 nitrogen and oxygen atoms in total. The largest absolute Gasteiger partial charge is 0.479 e. The van der Waals surface area contributed by atoms with Crippen LogP contribution in [0, 0.1) is 50.2 Å². The quantitative estimate of drug-likeness (QED) is 0.0340. The summed E-state index contributed by atoms with van der Waals surface area (Å²) in [5.41, 5.74) is -2.17. The maximum Gasteiger partial charge on any atom is 0.335 e. The van der Waals surface area contributed by atoms with E-state index in [1.54, 1.807) is 19.9 Å². The molecule has 9 fully saturated rings. The average molecular weight is 1350 g/mol. The molecule has 4 saturated carbocycles. The summed E-state index contributed by atoms with van der Waals surface area (Å²) in [6.45, 7) is 18.9. The van der Waals surface area contributed by atoms with Gasteiger partial charge in [0.25, 0.3) is 0 Å². The molecule has 0 spiro atoms. The summed E-state index contributed by atoms with van der Waals surface area (Å²) in [7, 11) is 0. The summed E-state index contributed by atoms with van der Waals surface area (Å²) in [6.07, 6.45) is -42.1. The second-order valence-electron chi connectivity index (χ2n) is 30.7. The molecule has 0 amide bonds. The first-order valence-electron chi connectivity index (χ1n) is 33.2. The first-order chi connectivity index (χ1) is 43.9. The maximum absolute atomic E-state index is 13.5. The van der Waals surface area contributed by atoms with Crippen molar-refractivity contribution in [3.05, 3.63) is 23.3 Å². The van der Waals surface area contributed by atoms with Gasteiger partial charge in [-0.1, -0.05) is 66.2 Å². The van der Waals surface area contributed by atoms with Gasteiger partial charge in [-0.05, 0) is 124 Å². The van der Waals surface area contributed by atoms with Crippen molar-refractivity contribution in [3.63, 3.8) is 0 Å². The Morgan fingerprint density at radius 2 is 1.06 bits per heavy atom. The van der Waals surface area contributed by atoms with Crippen molar-refractivity contribution in [3.8, 4) is 0 Å². The van der Waals surface area contributed by atoms with Crippen LogP contribution >= 0.6 is 0 Å². The summed E-state index contributed by atoms with van der Waals surface area (Å²) in [6, 6.07) is 0. The molecular formula is C65H104O29. The highest BCUT2D eigenvalue weighted by atomic mass is 16.8. The van der Waals surface area contributed by atoms with Crippen LogP contribution in [0.4, 0.5) is 0 Å². The smallest absolute Gasteiger partial charge is 0.335 e. The number of aliphatic hydroxyl groups excluding tert-OH is 15. The number of aliphatic hydroxyl groups is 15. The number of carboxylic acid groups (broad SMARTS) is 1. The molecular weight excluding hydrogens is 1240 g/mol. The van der Waals surface area contributed by atoms with Crippen LogP contribution in [0.5, 0.6) is 0 Å². The van der Waals surface area contributed by atoms with E-state index in [0.717, 1.165) is 5.57 Å². The standard InChI is InChI=1S/C65H104O29/c1-12-25(2)54(83)88-36-21-60(5,6)19-29-28-13-14-33-62(9)17-16-35(61(7,8)32(62)15-18-63(33,10)64(28,11)20-34(69)65(29,36)24-68)89-59-52(94-56-46(79)42(75)39(72)30(22-66)86-56)48(47(80)49(91-59)53(81)82)90-58-51(44(77)40(73)31(23-67)87-58)93-57-50(43(76)38(71)27(4)85-57)92-55-45(78)41(74)37(70)26(3)84-55/h12-13,26-27,29-52,55-59,66-80H,14-24H2,1-11H3,(H,81,82)/b25-12-/t26-,27-,29-,30+,31+,32-,33+,34+,35-,36+,37-,38-,39-,40-,41+,42-,43+,44-,45+,46+,47-,48-,49-,50+,51+,52+,55-,56-,57-,58-,59+,62-,63+,64+,65-/m0/s1. The van der Waals surface area contributed by atoms with Crippen LogP contribution in [0.3, 0.4) is 0 Å². The van der Waals surface area contributed by atoms with Gasteiger partial charge in [0.05, 0.1) is 49.7 Å².